The van der Waals surface area contributed by atoms with E-state index in [4.69, 9.17) is 10.3 Å². The number of aromatic nitrogens is 2. The molecule has 0 atom stereocenters. The van der Waals surface area contributed by atoms with E-state index >= 15 is 0 Å². The van der Waals surface area contributed by atoms with E-state index in [2.05, 4.69) is 10.1 Å². The van der Waals surface area contributed by atoms with Gasteiger partial charge in [0.05, 0.1) is 5.54 Å². The summed E-state index contributed by atoms with van der Waals surface area (Å²) in [7, 11) is 0. The molecule has 1 aromatic carbocycles. The van der Waals surface area contributed by atoms with Gasteiger partial charge in [0.2, 0.25) is 0 Å². The maximum Gasteiger partial charge on any atom is 0.253 e. The molecule has 2 aromatic rings. The molecule has 0 aliphatic heterocycles. The van der Waals surface area contributed by atoms with E-state index in [9.17, 15) is 4.39 Å². The third kappa shape index (κ3) is 2.36. The van der Waals surface area contributed by atoms with Crippen molar-refractivity contribution in [3.63, 3.8) is 0 Å². The Hall–Kier alpha value is -2.01. The minimum absolute atomic E-state index is 0.255. The van der Waals surface area contributed by atoms with Crippen molar-refractivity contribution >= 4 is 11.6 Å². The molecule has 1 heterocycles. The third-order valence-corrected chi connectivity index (χ3v) is 3.71. The minimum Gasteiger partial charge on any atom is -0.334 e. The summed E-state index contributed by atoms with van der Waals surface area (Å²) < 4.78 is 18.1. The van der Waals surface area contributed by atoms with Crippen LogP contribution in [0.25, 0.3) is 11.6 Å². The molecular formula is C15H16FN3O. The molecule has 0 saturated heterocycles. The quantitative estimate of drug-likeness (QED) is 0.933. The topological polar surface area (TPSA) is 64.9 Å². The Morgan fingerprint density at radius 1 is 1.35 bits per heavy atom. The third-order valence-electron chi connectivity index (χ3n) is 3.71. The van der Waals surface area contributed by atoms with E-state index in [1.807, 2.05) is 13.0 Å². The minimum atomic E-state index is -0.419. The van der Waals surface area contributed by atoms with Gasteiger partial charge in [0.25, 0.3) is 5.89 Å². The largest absolute Gasteiger partial charge is 0.334 e. The summed E-state index contributed by atoms with van der Waals surface area (Å²) in [4.78, 5) is 4.37. The van der Waals surface area contributed by atoms with Crippen LogP contribution in [-0.2, 0) is 5.54 Å². The lowest BCUT2D eigenvalue weighted by atomic mass is 9.77. The second-order valence-corrected chi connectivity index (χ2v) is 5.31. The number of allylic oxidation sites excluding steroid dienone is 1. The van der Waals surface area contributed by atoms with Crippen molar-refractivity contribution in [2.24, 2.45) is 5.73 Å². The van der Waals surface area contributed by atoms with Gasteiger partial charge in [-0.25, -0.2) is 4.39 Å². The van der Waals surface area contributed by atoms with Crippen molar-refractivity contribution in [2.45, 2.75) is 31.7 Å². The van der Waals surface area contributed by atoms with Crippen LogP contribution in [0.1, 0.15) is 43.5 Å². The standard InChI is InChI=1S/C15H16FN3O/c1-10(9-11-3-5-12(16)6-4-11)13-18-14(19-20-13)15(17)7-2-8-15/h3-6,9H,2,7-8,17H2,1H3/b10-9-. The fraction of sp³-hybridized carbons (Fsp3) is 0.333. The normalized spacial score (nSPS) is 17.9. The molecule has 0 amide bonds. The van der Waals surface area contributed by atoms with Crippen LogP contribution in [0.4, 0.5) is 4.39 Å². The highest BCUT2D eigenvalue weighted by Gasteiger charge is 2.39. The smallest absolute Gasteiger partial charge is 0.253 e. The summed E-state index contributed by atoms with van der Waals surface area (Å²) in [5.74, 6) is 0.779. The number of rotatable bonds is 3. The molecule has 20 heavy (non-hydrogen) atoms. The maximum absolute atomic E-state index is 12.9. The average molecular weight is 273 g/mol. The number of nitrogens with zero attached hydrogens (tertiary/aromatic N) is 2. The first-order chi connectivity index (χ1) is 9.57. The molecule has 1 aromatic heterocycles. The Kier molecular flexibility index (Phi) is 3.14. The fourth-order valence-corrected chi connectivity index (χ4v) is 2.24. The first-order valence-electron chi connectivity index (χ1n) is 6.64. The molecule has 1 aliphatic carbocycles. The van der Waals surface area contributed by atoms with Crippen LogP contribution in [0.15, 0.2) is 28.8 Å². The number of hydrogen-bond donors (Lipinski definition) is 1. The van der Waals surface area contributed by atoms with Crippen molar-refractivity contribution in [2.75, 3.05) is 0 Å². The lowest BCUT2D eigenvalue weighted by Gasteiger charge is -2.34. The molecule has 1 fully saturated rings. The Balaban J connectivity index is 1.83. The van der Waals surface area contributed by atoms with Crippen molar-refractivity contribution in [1.82, 2.24) is 10.1 Å². The summed E-state index contributed by atoms with van der Waals surface area (Å²) in [6, 6.07) is 6.24. The molecule has 1 aliphatic rings. The molecule has 3 rings (SSSR count). The molecule has 2 N–H and O–H groups in total. The van der Waals surface area contributed by atoms with E-state index in [0.717, 1.165) is 30.4 Å². The van der Waals surface area contributed by atoms with E-state index < -0.39 is 5.54 Å². The lowest BCUT2D eigenvalue weighted by molar-refractivity contribution is 0.229. The van der Waals surface area contributed by atoms with E-state index in [0.29, 0.717) is 11.7 Å². The molecule has 4 nitrogen and oxygen atoms in total. The average Bonchev–Trinajstić information content (AvgIpc) is 2.89. The SMILES string of the molecule is C/C(=C/c1ccc(F)cc1)c1nc(C2(N)CCC2)no1. The second-order valence-electron chi connectivity index (χ2n) is 5.31. The van der Waals surface area contributed by atoms with Crippen LogP contribution in [-0.4, -0.2) is 10.1 Å². The van der Waals surface area contributed by atoms with Crippen molar-refractivity contribution in [1.29, 1.82) is 0 Å². The zero-order chi connectivity index (χ0) is 14.2. The lowest BCUT2D eigenvalue weighted by Crippen LogP contribution is -2.44. The van der Waals surface area contributed by atoms with Gasteiger partial charge >= 0.3 is 0 Å². The highest BCUT2D eigenvalue weighted by Crippen LogP contribution is 2.37. The fourth-order valence-electron chi connectivity index (χ4n) is 2.24. The van der Waals surface area contributed by atoms with Gasteiger partial charge in [-0.1, -0.05) is 17.3 Å². The molecular weight excluding hydrogens is 257 g/mol. The monoisotopic (exact) mass is 273 g/mol. The molecule has 0 bridgehead atoms. The summed E-state index contributed by atoms with van der Waals surface area (Å²) in [6.07, 6.45) is 4.77. The summed E-state index contributed by atoms with van der Waals surface area (Å²) in [5, 5.41) is 3.97. The predicted molar refractivity (Wildman–Crippen MR) is 74.0 cm³/mol. The van der Waals surface area contributed by atoms with Crippen molar-refractivity contribution in [3.8, 4) is 0 Å². The predicted octanol–water partition coefficient (Wildman–Crippen LogP) is 3.11. The molecule has 1 saturated carbocycles. The zero-order valence-electron chi connectivity index (χ0n) is 11.3. The van der Waals surface area contributed by atoms with Gasteiger partial charge in [0.15, 0.2) is 5.82 Å². The van der Waals surface area contributed by atoms with E-state index in [-0.39, 0.29) is 5.82 Å². The van der Waals surface area contributed by atoms with E-state index in [1.165, 1.54) is 12.1 Å². The first kappa shape index (κ1) is 13.0. The Morgan fingerprint density at radius 3 is 2.65 bits per heavy atom. The summed E-state index contributed by atoms with van der Waals surface area (Å²) in [5.41, 5.74) is 7.46. The summed E-state index contributed by atoms with van der Waals surface area (Å²) in [6.45, 7) is 1.88. The van der Waals surface area contributed by atoms with Gasteiger partial charge in [0.1, 0.15) is 5.82 Å². The van der Waals surface area contributed by atoms with Crippen LogP contribution in [0.2, 0.25) is 0 Å². The second kappa shape index (κ2) is 4.83. The number of halogens is 1. The number of hydrogen-bond acceptors (Lipinski definition) is 4. The van der Waals surface area contributed by atoms with Crippen LogP contribution >= 0.6 is 0 Å². The molecule has 5 heteroatoms. The van der Waals surface area contributed by atoms with Crippen LogP contribution in [0.3, 0.4) is 0 Å². The zero-order valence-corrected chi connectivity index (χ0v) is 11.3. The number of nitrogens with two attached hydrogens (primary N) is 1. The highest BCUT2D eigenvalue weighted by atomic mass is 19.1. The molecule has 0 unspecified atom stereocenters. The van der Waals surface area contributed by atoms with Gasteiger partial charge in [0, 0.05) is 5.57 Å². The first-order valence-corrected chi connectivity index (χ1v) is 6.64. The van der Waals surface area contributed by atoms with Crippen LogP contribution in [0, 0.1) is 5.82 Å². The number of benzene rings is 1. The van der Waals surface area contributed by atoms with Gasteiger partial charge < -0.3 is 10.3 Å². The molecule has 104 valence electrons. The van der Waals surface area contributed by atoms with Gasteiger partial charge in [-0.2, -0.15) is 4.98 Å². The maximum atomic E-state index is 12.9. The molecule has 0 spiro atoms. The molecule has 0 radical (unpaired) electrons. The van der Waals surface area contributed by atoms with Crippen molar-refractivity contribution in [3.05, 3.63) is 47.4 Å². The van der Waals surface area contributed by atoms with Crippen molar-refractivity contribution < 1.29 is 8.91 Å². The van der Waals surface area contributed by atoms with Crippen LogP contribution in [0.5, 0.6) is 0 Å². The highest BCUT2D eigenvalue weighted by molar-refractivity contribution is 5.76. The van der Waals surface area contributed by atoms with E-state index in [1.54, 1.807) is 12.1 Å². The van der Waals surface area contributed by atoms with Gasteiger partial charge in [-0.3, -0.25) is 0 Å². The Labute approximate surface area is 116 Å². The van der Waals surface area contributed by atoms with Gasteiger partial charge in [-0.05, 0) is 50.0 Å². The van der Waals surface area contributed by atoms with Crippen LogP contribution < -0.4 is 5.73 Å². The summed E-state index contributed by atoms with van der Waals surface area (Å²) >= 11 is 0. The van der Waals surface area contributed by atoms with Gasteiger partial charge in [-0.15, -0.1) is 0 Å². The Bertz CT molecular complexity index is 641. The Morgan fingerprint density at radius 2 is 2.05 bits per heavy atom.